The number of carbonyl (C=O) groups excluding carboxylic acids is 2. The van der Waals surface area contributed by atoms with Crippen molar-refractivity contribution in [3.63, 3.8) is 0 Å². The fourth-order valence-corrected chi connectivity index (χ4v) is 2.08. The molecule has 2 rings (SSSR count). The molecule has 0 fully saturated rings. The average molecular weight is 371 g/mol. The number of oxime groups is 1. The molecule has 8 heteroatoms. The minimum atomic E-state index is -0.462. The van der Waals surface area contributed by atoms with E-state index in [4.69, 9.17) is 14.3 Å². The number of nitrogens with zero attached hydrogens (tertiary/aromatic N) is 1. The topological polar surface area (TPSA) is 98.3 Å². The molecule has 0 saturated heterocycles. The number of carbonyl (C=O) groups is 2. The summed E-state index contributed by atoms with van der Waals surface area (Å²) in [5, 5.41) is 8.74. The summed E-state index contributed by atoms with van der Waals surface area (Å²) in [7, 11) is 3.02. The Bertz CT molecular complexity index is 819. The summed E-state index contributed by atoms with van der Waals surface area (Å²) in [6, 6.07) is 12.3. The Balaban J connectivity index is 1.79. The molecule has 0 unspecified atom stereocenters. The van der Waals surface area contributed by atoms with Crippen molar-refractivity contribution in [2.75, 3.05) is 31.5 Å². The summed E-state index contributed by atoms with van der Waals surface area (Å²) in [5.41, 5.74) is 2.19. The van der Waals surface area contributed by atoms with Crippen molar-refractivity contribution in [3.8, 4) is 11.5 Å². The van der Waals surface area contributed by atoms with Gasteiger partial charge in [-0.2, -0.15) is 0 Å². The number of hydrogen-bond donors (Lipinski definition) is 2. The normalized spacial score (nSPS) is 10.3. The van der Waals surface area contributed by atoms with Crippen LogP contribution in [0.5, 0.6) is 11.5 Å². The lowest BCUT2D eigenvalue weighted by Crippen LogP contribution is -2.18. The molecule has 0 radical (unpaired) electrons. The highest BCUT2D eigenvalue weighted by Gasteiger charge is 2.09. The molecule has 0 aliphatic heterocycles. The van der Waals surface area contributed by atoms with E-state index < -0.39 is 11.8 Å². The smallest absolute Gasteiger partial charge is 0.270 e. The molecule has 0 saturated carbocycles. The third-order valence-electron chi connectivity index (χ3n) is 3.44. The van der Waals surface area contributed by atoms with Gasteiger partial charge in [-0.3, -0.25) is 9.59 Å². The fourth-order valence-electron chi connectivity index (χ4n) is 2.08. The molecule has 0 bridgehead atoms. The maximum Gasteiger partial charge on any atom is 0.270 e. The number of hydrogen-bond acceptors (Lipinski definition) is 6. The minimum Gasteiger partial charge on any atom is -0.497 e. The number of benzene rings is 2. The van der Waals surface area contributed by atoms with Gasteiger partial charge in [0.15, 0.2) is 6.61 Å². The van der Waals surface area contributed by atoms with Gasteiger partial charge in [-0.05, 0) is 31.2 Å². The number of methoxy groups -OCH3 is 2. The molecule has 0 atom stereocenters. The van der Waals surface area contributed by atoms with Crippen LogP contribution in [0.3, 0.4) is 0 Å². The number of anilines is 2. The molecule has 0 aromatic heterocycles. The van der Waals surface area contributed by atoms with Crippen molar-refractivity contribution < 1.29 is 23.9 Å². The summed E-state index contributed by atoms with van der Waals surface area (Å²) < 4.78 is 10.3. The van der Waals surface area contributed by atoms with E-state index in [0.29, 0.717) is 22.9 Å². The monoisotopic (exact) mass is 371 g/mol. The Kier molecular flexibility index (Phi) is 7.18. The van der Waals surface area contributed by atoms with Gasteiger partial charge in [0.1, 0.15) is 17.7 Å². The van der Waals surface area contributed by atoms with Crippen LogP contribution in [0.2, 0.25) is 0 Å². The van der Waals surface area contributed by atoms with Crippen molar-refractivity contribution in [2.45, 2.75) is 6.92 Å². The average Bonchev–Trinajstić information content (AvgIpc) is 2.67. The zero-order chi connectivity index (χ0) is 19.6. The van der Waals surface area contributed by atoms with Gasteiger partial charge in [-0.25, -0.2) is 0 Å². The molecule has 0 heterocycles. The molecule has 142 valence electrons. The third-order valence-corrected chi connectivity index (χ3v) is 3.44. The molecular formula is C19H21N3O5. The maximum absolute atomic E-state index is 11.9. The molecule has 2 amide bonds. The van der Waals surface area contributed by atoms with Gasteiger partial charge in [0.25, 0.3) is 11.8 Å². The Morgan fingerprint density at radius 3 is 2.44 bits per heavy atom. The Labute approximate surface area is 157 Å². The quantitative estimate of drug-likeness (QED) is 0.549. The van der Waals surface area contributed by atoms with Crippen molar-refractivity contribution in [1.82, 2.24) is 0 Å². The molecule has 0 spiro atoms. The summed E-state index contributed by atoms with van der Waals surface area (Å²) in [6.07, 6.45) is 0.959. The Hall–Kier alpha value is -3.55. The van der Waals surface area contributed by atoms with E-state index in [2.05, 4.69) is 15.8 Å². The molecule has 0 aliphatic rings. The standard InChI is InChI=1S/C19H21N3O5/c1-13-4-6-14(7-5-13)21-18(23)11-20-27-12-19(24)22-16-9-8-15(25-2)10-17(16)26-3/h4-11H,12H2,1-3H3,(H,21,23)(H,22,24)/b20-11-. The highest BCUT2D eigenvalue weighted by molar-refractivity contribution is 6.31. The Morgan fingerprint density at radius 2 is 1.78 bits per heavy atom. The van der Waals surface area contributed by atoms with Crippen LogP contribution in [0.4, 0.5) is 11.4 Å². The fraction of sp³-hybridized carbons (Fsp3) is 0.211. The van der Waals surface area contributed by atoms with Gasteiger partial charge < -0.3 is 24.9 Å². The van der Waals surface area contributed by atoms with Crippen molar-refractivity contribution in [2.24, 2.45) is 5.16 Å². The van der Waals surface area contributed by atoms with Gasteiger partial charge in [0.2, 0.25) is 0 Å². The Morgan fingerprint density at radius 1 is 1.04 bits per heavy atom. The van der Waals surface area contributed by atoms with Crippen molar-refractivity contribution in [3.05, 3.63) is 48.0 Å². The maximum atomic E-state index is 11.9. The van der Waals surface area contributed by atoms with Crippen LogP contribution in [0.1, 0.15) is 5.56 Å². The SMILES string of the molecule is COc1ccc(NC(=O)CO/N=C\C(=O)Nc2ccc(C)cc2)c(OC)c1. The van der Waals surface area contributed by atoms with E-state index in [0.717, 1.165) is 11.8 Å². The van der Waals surface area contributed by atoms with E-state index in [1.807, 2.05) is 19.1 Å². The highest BCUT2D eigenvalue weighted by atomic mass is 16.6. The molecule has 2 N–H and O–H groups in total. The van der Waals surface area contributed by atoms with Crippen LogP contribution in [-0.2, 0) is 14.4 Å². The second-order valence-corrected chi connectivity index (χ2v) is 5.48. The lowest BCUT2D eigenvalue weighted by molar-refractivity contribution is -0.120. The van der Waals surface area contributed by atoms with Gasteiger partial charge in [0.05, 0.1) is 19.9 Å². The number of nitrogens with one attached hydrogen (secondary N) is 2. The molecule has 2 aromatic rings. The lowest BCUT2D eigenvalue weighted by Gasteiger charge is -2.11. The molecule has 27 heavy (non-hydrogen) atoms. The van der Waals surface area contributed by atoms with E-state index in [-0.39, 0.29) is 6.61 Å². The number of rotatable bonds is 8. The van der Waals surface area contributed by atoms with Gasteiger partial charge in [-0.15, -0.1) is 0 Å². The molecule has 0 aliphatic carbocycles. The van der Waals surface area contributed by atoms with Gasteiger partial charge >= 0.3 is 0 Å². The van der Waals surface area contributed by atoms with Crippen LogP contribution in [-0.4, -0.2) is 38.9 Å². The zero-order valence-electron chi connectivity index (χ0n) is 15.3. The summed E-state index contributed by atoms with van der Waals surface area (Å²) in [5.74, 6) is 0.139. The van der Waals surface area contributed by atoms with E-state index in [1.54, 1.807) is 30.3 Å². The molecular weight excluding hydrogens is 350 g/mol. The first-order valence-electron chi connectivity index (χ1n) is 8.06. The number of aryl methyl sites for hydroxylation is 1. The first kappa shape index (κ1) is 19.8. The molecule has 2 aromatic carbocycles. The largest absolute Gasteiger partial charge is 0.497 e. The van der Waals surface area contributed by atoms with Gasteiger partial charge in [0, 0.05) is 11.8 Å². The van der Waals surface area contributed by atoms with Crippen LogP contribution in [0, 0.1) is 6.92 Å². The van der Waals surface area contributed by atoms with E-state index >= 15 is 0 Å². The van der Waals surface area contributed by atoms with Crippen LogP contribution in [0.15, 0.2) is 47.6 Å². The molecule has 8 nitrogen and oxygen atoms in total. The van der Waals surface area contributed by atoms with Crippen LogP contribution >= 0.6 is 0 Å². The predicted octanol–water partition coefficient (Wildman–Crippen LogP) is 2.59. The third kappa shape index (κ3) is 6.35. The van der Waals surface area contributed by atoms with Gasteiger partial charge in [-0.1, -0.05) is 22.9 Å². The summed E-state index contributed by atoms with van der Waals surface area (Å²) in [4.78, 5) is 28.5. The summed E-state index contributed by atoms with van der Waals surface area (Å²) >= 11 is 0. The minimum absolute atomic E-state index is 0.358. The second kappa shape index (κ2) is 9.81. The zero-order valence-corrected chi connectivity index (χ0v) is 15.3. The number of amides is 2. The summed E-state index contributed by atoms with van der Waals surface area (Å²) in [6.45, 7) is 1.59. The first-order chi connectivity index (χ1) is 13.0. The van der Waals surface area contributed by atoms with Crippen molar-refractivity contribution in [1.29, 1.82) is 0 Å². The predicted molar refractivity (Wildman–Crippen MR) is 102 cm³/mol. The highest BCUT2D eigenvalue weighted by Crippen LogP contribution is 2.28. The second-order valence-electron chi connectivity index (χ2n) is 5.48. The van der Waals surface area contributed by atoms with Crippen LogP contribution in [0.25, 0.3) is 0 Å². The van der Waals surface area contributed by atoms with Crippen LogP contribution < -0.4 is 20.1 Å². The lowest BCUT2D eigenvalue weighted by atomic mass is 10.2. The first-order valence-corrected chi connectivity index (χ1v) is 8.06. The van der Waals surface area contributed by atoms with E-state index in [1.165, 1.54) is 14.2 Å². The number of ether oxygens (including phenoxy) is 2. The van der Waals surface area contributed by atoms with Crippen molar-refractivity contribution >= 4 is 29.4 Å². The van der Waals surface area contributed by atoms with E-state index in [9.17, 15) is 9.59 Å².